The van der Waals surface area contributed by atoms with Crippen LogP contribution in [-0.2, 0) is 4.74 Å². The Bertz CT molecular complexity index is 356. The number of hydrogen-bond acceptors (Lipinski definition) is 3. The molecule has 1 atom stereocenters. The lowest BCUT2D eigenvalue weighted by Gasteiger charge is -2.10. The average molecular weight is 220 g/mol. The summed E-state index contributed by atoms with van der Waals surface area (Å²) in [5.41, 5.74) is 1.51. The molecule has 0 unspecified atom stereocenters. The first kappa shape index (κ1) is 11.1. The molecule has 4 nitrogen and oxygen atoms in total. The van der Waals surface area contributed by atoms with Crippen LogP contribution in [0.1, 0.15) is 28.9 Å². The summed E-state index contributed by atoms with van der Waals surface area (Å²) in [4.78, 5) is 15.8. The molecular formula is C12H16N2O2. The number of nitrogens with one attached hydrogen (secondary N) is 1. The number of amides is 1. The Balaban J connectivity index is 1.85. The smallest absolute Gasteiger partial charge is 0.252 e. The number of carbonyl (C=O) groups excluding carboxylic acids is 1. The van der Waals surface area contributed by atoms with Crippen LogP contribution in [0, 0.1) is 6.92 Å². The van der Waals surface area contributed by atoms with Gasteiger partial charge in [-0.05, 0) is 31.9 Å². The van der Waals surface area contributed by atoms with Gasteiger partial charge >= 0.3 is 0 Å². The SMILES string of the molecule is Cc1ccc(C(=O)NC[C@@H]2CCCO2)cn1. The van der Waals surface area contributed by atoms with E-state index in [0.29, 0.717) is 12.1 Å². The summed E-state index contributed by atoms with van der Waals surface area (Å²) in [6.45, 7) is 3.30. The molecule has 1 saturated heterocycles. The summed E-state index contributed by atoms with van der Waals surface area (Å²) in [7, 11) is 0. The number of hydrogen-bond donors (Lipinski definition) is 1. The van der Waals surface area contributed by atoms with Gasteiger partial charge in [-0.15, -0.1) is 0 Å². The van der Waals surface area contributed by atoms with Gasteiger partial charge in [0.05, 0.1) is 11.7 Å². The molecule has 0 radical (unpaired) electrons. The van der Waals surface area contributed by atoms with Gasteiger partial charge in [-0.1, -0.05) is 0 Å². The quantitative estimate of drug-likeness (QED) is 0.835. The third-order valence-corrected chi connectivity index (χ3v) is 2.69. The topological polar surface area (TPSA) is 51.2 Å². The van der Waals surface area contributed by atoms with Gasteiger partial charge in [-0.2, -0.15) is 0 Å². The van der Waals surface area contributed by atoms with Gasteiger partial charge in [-0.3, -0.25) is 9.78 Å². The van der Waals surface area contributed by atoms with E-state index in [2.05, 4.69) is 10.3 Å². The third kappa shape index (κ3) is 2.79. The molecule has 2 heterocycles. The number of aryl methyl sites for hydroxylation is 1. The highest BCUT2D eigenvalue weighted by Crippen LogP contribution is 2.10. The van der Waals surface area contributed by atoms with Gasteiger partial charge in [0.25, 0.3) is 5.91 Å². The van der Waals surface area contributed by atoms with Gasteiger partial charge in [0.2, 0.25) is 0 Å². The second-order valence-corrected chi connectivity index (χ2v) is 4.03. The summed E-state index contributed by atoms with van der Waals surface area (Å²) in [5, 5.41) is 2.86. The molecule has 2 rings (SSSR count). The fourth-order valence-electron chi connectivity index (χ4n) is 1.72. The maximum Gasteiger partial charge on any atom is 0.252 e. The first-order valence-corrected chi connectivity index (χ1v) is 5.58. The number of carbonyl (C=O) groups is 1. The van der Waals surface area contributed by atoms with E-state index in [9.17, 15) is 4.79 Å². The average Bonchev–Trinajstić information content (AvgIpc) is 2.80. The number of aromatic nitrogens is 1. The van der Waals surface area contributed by atoms with E-state index in [0.717, 1.165) is 25.1 Å². The second kappa shape index (κ2) is 5.07. The second-order valence-electron chi connectivity index (χ2n) is 4.03. The Labute approximate surface area is 95.0 Å². The number of ether oxygens (including phenoxy) is 1. The van der Waals surface area contributed by atoms with Crippen molar-refractivity contribution in [3.05, 3.63) is 29.6 Å². The van der Waals surface area contributed by atoms with Gasteiger partial charge in [0.1, 0.15) is 0 Å². The monoisotopic (exact) mass is 220 g/mol. The lowest BCUT2D eigenvalue weighted by Crippen LogP contribution is -2.31. The van der Waals surface area contributed by atoms with Crippen LogP contribution in [0.3, 0.4) is 0 Å². The molecule has 1 aromatic heterocycles. The Morgan fingerprint density at radius 2 is 2.50 bits per heavy atom. The van der Waals surface area contributed by atoms with Crippen molar-refractivity contribution in [2.24, 2.45) is 0 Å². The summed E-state index contributed by atoms with van der Waals surface area (Å²) in [5.74, 6) is -0.0806. The first-order valence-electron chi connectivity index (χ1n) is 5.58. The van der Waals surface area contributed by atoms with E-state index in [1.807, 2.05) is 13.0 Å². The fraction of sp³-hybridized carbons (Fsp3) is 0.500. The van der Waals surface area contributed by atoms with Crippen LogP contribution in [-0.4, -0.2) is 30.1 Å². The summed E-state index contributed by atoms with van der Waals surface area (Å²) in [6.07, 6.45) is 3.90. The van der Waals surface area contributed by atoms with Crippen LogP contribution in [0.4, 0.5) is 0 Å². The predicted octanol–water partition coefficient (Wildman–Crippen LogP) is 1.30. The van der Waals surface area contributed by atoms with E-state index in [4.69, 9.17) is 4.74 Å². The largest absolute Gasteiger partial charge is 0.376 e. The Kier molecular flexibility index (Phi) is 3.51. The van der Waals surface area contributed by atoms with Crippen molar-refractivity contribution in [1.29, 1.82) is 0 Å². The van der Waals surface area contributed by atoms with Crippen molar-refractivity contribution in [3.8, 4) is 0 Å². The van der Waals surface area contributed by atoms with Crippen molar-refractivity contribution in [2.75, 3.05) is 13.2 Å². The molecule has 1 N–H and O–H groups in total. The summed E-state index contributed by atoms with van der Waals surface area (Å²) < 4.78 is 5.43. The Morgan fingerprint density at radius 1 is 1.62 bits per heavy atom. The normalized spacial score (nSPS) is 19.7. The minimum atomic E-state index is -0.0806. The number of rotatable bonds is 3. The molecule has 1 aliphatic heterocycles. The van der Waals surface area contributed by atoms with Crippen LogP contribution in [0.2, 0.25) is 0 Å². The zero-order chi connectivity index (χ0) is 11.4. The summed E-state index contributed by atoms with van der Waals surface area (Å²) >= 11 is 0. The number of pyridine rings is 1. The van der Waals surface area contributed by atoms with E-state index >= 15 is 0 Å². The van der Waals surface area contributed by atoms with Crippen LogP contribution in [0.5, 0.6) is 0 Å². The Hall–Kier alpha value is -1.42. The predicted molar refractivity (Wildman–Crippen MR) is 60.3 cm³/mol. The van der Waals surface area contributed by atoms with Crippen LogP contribution in [0.15, 0.2) is 18.3 Å². The van der Waals surface area contributed by atoms with Crippen molar-refractivity contribution >= 4 is 5.91 Å². The van der Waals surface area contributed by atoms with Crippen molar-refractivity contribution in [1.82, 2.24) is 10.3 Å². The van der Waals surface area contributed by atoms with E-state index in [1.54, 1.807) is 12.3 Å². The van der Waals surface area contributed by atoms with Crippen LogP contribution < -0.4 is 5.32 Å². The van der Waals surface area contributed by atoms with E-state index in [-0.39, 0.29) is 12.0 Å². The van der Waals surface area contributed by atoms with Crippen molar-refractivity contribution < 1.29 is 9.53 Å². The molecule has 1 amide bonds. The minimum Gasteiger partial charge on any atom is -0.376 e. The molecule has 0 aromatic carbocycles. The highest BCUT2D eigenvalue weighted by atomic mass is 16.5. The number of nitrogens with zero attached hydrogens (tertiary/aromatic N) is 1. The van der Waals surface area contributed by atoms with E-state index < -0.39 is 0 Å². The van der Waals surface area contributed by atoms with Crippen LogP contribution >= 0.6 is 0 Å². The molecule has 0 spiro atoms. The van der Waals surface area contributed by atoms with Crippen molar-refractivity contribution in [3.63, 3.8) is 0 Å². The van der Waals surface area contributed by atoms with Crippen LogP contribution in [0.25, 0.3) is 0 Å². The molecule has 1 aliphatic rings. The summed E-state index contributed by atoms with van der Waals surface area (Å²) in [6, 6.07) is 3.62. The molecule has 0 saturated carbocycles. The van der Waals surface area contributed by atoms with E-state index in [1.165, 1.54) is 0 Å². The maximum atomic E-state index is 11.7. The zero-order valence-corrected chi connectivity index (χ0v) is 9.40. The molecular weight excluding hydrogens is 204 g/mol. The zero-order valence-electron chi connectivity index (χ0n) is 9.40. The molecule has 86 valence electrons. The highest BCUT2D eigenvalue weighted by Gasteiger charge is 2.16. The highest BCUT2D eigenvalue weighted by molar-refractivity contribution is 5.93. The Morgan fingerprint density at radius 3 is 3.12 bits per heavy atom. The van der Waals surface area contributed by atoms with Crippen molar-refractivity contribution in [2.45, 2.75) is 25.9 Å². The van der Waals surface area contributed by atoms with Gasteiger partial charge in [-0.25, -0.2) is 0 Å². The molecule has 0 aliphatic carbocycles. The standard InChI is InChI=1S/C12H16N2O2/c1-9-4-5-10(7-13-9)12(15)14-8-11-3-2-6-16-11/h4-5,7,11H,2-3,6,8H2,1H3,(H,14,15)/t11-/m0/s1. The molecule has 1 aromatic rings. The molecule has 0 bridgehead atoms. The lowest BCUT2D eigenvalue weighted by molar-refractivity contribution is 0.0857. The maximum absolute atomic E-state index is 11.7. The molecule has 1 fully saturated rings. The fourth-order valence-corrected chi connectivity index (χ4v) is 1.72. The first-order chi connectivity index (χ1) is 7.75. The van der Waals surface area contributed by atoms with Gasteiger partial charge in [0, 0.05) is 25.0 Å². The minimum absolute atomic E-state index is 0.0806. The van der Waals surface area contributed by atoms with Gasteiger partial charge < -0.3 is 10.1 Å². The lowest BCUT2D eigenvalue weighted by atomic mass is 10.2. The molecule has 4 heteroatoms. The molecule has 16 heavy (non-hydrogen) atoms. The van der Waals surface area contributed by atoms with Gasteiger partial charge in [0.15, 0.2) is 0 Å². The third-order valence-electron chi connectivity index (χ3n) is 2.69.